The number of nitrogens with zero attached hydrogens (tertiary/aromatic N) is 1. The monoisotopic (exact) mass is 258 g/mol. The average Bonchev–Trinajstić information content (AvgIpc) is 2.33. The number of piperidine rings is 1. The van der Waals surface area contributed by atoms with Crippen LogP contribution in [0.5, 0.6) is 0 Å². The Morgan fingerprint density at radius 3 is 2.83 bits per heavy atom. The zero-order chi connectivity index (χ0) is 13.5. The number of hydrogen-bond donors (Lipinski definition) is 2. The Morgan fingerprint density at radius 1 is 1.56 bits per heavy atom. The largest absolute Gasteiger partial charge is 0.481 e. The highest BCUT2D eigenvalue weighted by molar-refractivity contribution is 5.74. The maximum Gasteiger partial charge on any atom is 0.317 e. The number of aliphatic carboxylic acids is 1. The van der Waals surface area contributed by atoms with Crippen molar-refractivity contribution in [1.82, 2.24) is 10.2 Å². The molecule has 1 saturated heterocycles. The molecule has 0 radical (unpaired) electrons. The number of methoxy groups -OCH3 is 1. The third-order valence-corrected chi connectivity index (χ3v) is 3.16. The Labute approximate surface area is 107 Å². The summed E-state index contributed by atoms with van der Waals surface area (Å²) >= 11 is 0. The highest BCUT2D eigenvalue weighted by atomic mass is 16.5. The molecule has 1 aliphatic heterocycles. The number of rotatable bonds is 5. The number of hydrogen-bond acceptors (Lipinski definition) is 3. The first-order chi connectivity index (χ1) is 8.52. The van der Waals surface area contributed by atoms with Gasteiger partial charge in [0.1, 0.15) is 0 Å². The zero-order valence-electron chi connectivity index (χ0n) is 11.0. The number of amides is 2. The lowest BCUT2D eigenvalue weighted by molar-refractivity contribution is -0.139. The second kappa shape index (κ2) is 7.20. The number of carboxylic acids is 1. The molecule has 1 rings (SSSR count). The lowest BCUT2D eigenvalue weighted by atomic mass is 10.0. The van der Waals surface area contributed by atoms with Crippen molar-refractivity contribution in [2.75, 3.05) is 26.7 Å². The van der Waals surface area contributed by atoms with Crippen LogP contribution < -0.4 is 5.32 Å². The summed E-state index contributed by atoms with van der Waals surface area (Å²) in [4.78, 5) is 24.2. The van der Waals surface area contributed by atoms with Crippen LogP contribution in [0.2, 0.25) is 0 Å². The van der Waals surface area contributed by atoms with Gasteiger partial charge in [0.05, 0.1) is 12.5 Å². The standard InChI is InChI=1S/C12H22N2O4/c1-9-4-3-5-14(8-9)12(17)13-7-10(18-2)6-11(15)16/h9-10H,3-8H2,1-2H3,(H,13,17)(H,15,16). The van der Waals surface area contributed by atoms with Gasteiger partial charge in [0.25, 0.3) is 0 Å². The van der Waals surface area contributed by atoms with Gasteiger partial charge in [-0.2, -0.15) is 0 Å². The Balaban J connectivity index is 2.32. The molecule has 0 aliphatic carbocycles. The highest BCUT2D eigenvalue weighted by Gasteiger charge is 2.21. The van der Waals surface area contributed by atoms with Crippen LogP contribution in [-0.4, -0.2) is 54.9 Å². The Bertz CT molecular complexity index is 296. The molecule has 6 nitrogen and oxygen atoms in total. The van der Waals surface area contributed by atoms with Crippen LogP contribution in [0.25, 0.3) is 0 Å². The van der Waals surface area contributed by atoms with Crippen LogP contribution >= 0.6 is 0 Å². The van der Waals surface area contributed by atoms with Crippen LogP contribution in [0.4, 0.5) is 4.79 Å². The predicted octanol–water partition coefficient (Wildman–Crippen LogP) is 0.918. The molecule has 0 spiro atoms. The molecule has 0 saturated carbocycles. The first-order valence-electron chi connectivity index (χ1n) is 6.30. The van der Waals surface area contributed by atoms with E-state index < -0.39 is 12.1 Å². The molecule has 2 amide bonds. The van der Waals surface area contributed by atoms with E-state index in [0.29, 0.717) is 5.92 Å². The molecule has 0 aromatic carbocycles. The molecule has 2 atom stereocenters. The molecule has 2 N–H and O–H groups in total. The van der Waals surface area contributed by atoms with Crippen molar-refractivity contribution in [3.05, 3.63) is 0 Å². The van der Waals surface area contributed by atoms with E-state index in [-0.39, 0.29) is 19.0 Å². The topological polar surface area (TPSA) is 78.9 Å². The lowest BCUT2D eigenvalue weighted by Gasteiger charge is -2.31. The summed E-state index contributed by atoms with van der Waals surface area (Å²) in [6.07, 6.45) is 1.60. The first kappa shape index (κ1) is 14.8. The summed E-state index contributed by atoms with van der Waals surface area (Å²) in [5, 5.41) is 11.4. The van der Waals surface area contributed by atoms with E-state index in [4.69, 9.17) is 9.84 Å². The molecule has 1 fully saturated rings. The predicted molar refractivity (Wildman–Crippen MR) is 66.4 cm³/mol. The van der Waals surface area contributed by atoms with Gasteiger partial charge in [-0.25, -0.2) is 4.79 Å². The van der Waals surface area contributed by atoms with Crippen molar-refractivity contribution in [3.63, 3.8) is 0 Å². The van der Waals surface area contributed by atoms with Gasteiger partial charge >= 0.3 is 12.0 Å². The smallest absolute Gasteiger partial charge is 0.317 e. The maximum absolute atomic E-state index is 11.9. The molecule has 6 heteroatoms. The van der Waals surface area contributed by atoms with E-state index in [0.717, 1.165) is 25.9 Å². The van der Waals surface area contributed by atoms with Gasteiger partial charge < -0.3 is 20.1 Å². The summed E-state index contributed by atoms with van der Waals surface area (Å²) in [5.41, 5.74) is 0. The normalized spacial score (nSPS) is 21.4. The third kappa shape index (κ3) is 4.91. The van der Waals surface area contributed by atoms with Crippen LogP contribution in [0.3, 0.4) is 0 Å². The van der Waals surface area contributed by atoms with Crippen LogP contribution in [0.1, 0.15) is 26.2 Å². The van der Waals surface area contributed by atoms with E-state index >= 15 is 0 Å². The fourth-order valence-electron chi connectivity index (χ4n) is 2.12. The summed E-state index contributed by atoms with van der Waals surface area (Å²) in [5.74, 6) is -0.399. The molecular formula is C12H22N2O4. The SMILES string of the molecule is COC(CNC(=O)N1CCCC(C)C1)CC(=O)O. The van der Waals surface area contributed by atoms with Crippen LogP contribution in [0.15, 0.2) is 0 Å². The summed E-state index contributed by atoms with van der Waals surface area (Å²) in [6.45, 7) is 3.89. The third-order valence-electron chi connectivity index (χ3n) is 3.16. The Morgan fingerprint density at radius 2 is 2.28 bits per heavy atom. The Hall–Kier alpha value is -1.30. The lowest BCUT2D eigenvalue weighted by Crippen LogP contribution is -2.47. The van der Waals surface area contributed by atoms with E-state index in [2.05, 4.69) is 12.2 Å². The zero-order valence-corrected chi connectivity index (χ0v) is 11.0. The number of ether oxygens (including phenoxy) is 1. The molecule has 0 aromatic heterocycles. The van der Waals surface area contributed by atoms with Crippen LogP contribution in [0, 0.1) is 5.92 Å². The minimum Gasteiger partial charge on any atom is -0.481 e. The van der Waals surface area contributed by atoms with Crippen molar-refractivity contribution in [1.29, 1.82) is 0 Å². The number of carbonyl (C=O) groups is 2. The minimum absolute atomic E-state index is 0.104. The van der Waals surface area contributed by atoms with Gasteiger partial charge in [0.2, 0.25) is 0 Å². The molecule has 0 bridgehead atoms. The number of carbonyl (C=O) groups excluding carboxylic acids is 1. The van der Waals surface area contributed by atoms with Gasteiger partial charge in [-0.1, -0.05) is 6.92 Å². The van der Waals surface area contributed by atoms with Gasteiger partial charge in [-0.3, -0.25) is 4.79 Å². The van der Waals surface area contributed by atoms with Gasteiger partial charge in [-0.05, 0) is 18.8 Å². The summed E-state index contributed by atoms with van der Waals surface area (Å²) < 4.78 is 5.01. The van der Waals surface area contributed by atoms with E-state index in [9.17, 15) is 9.59 Å². The van der Waals surface area contributed by atoms with Crippen molar-refractivity contribution in [2.45, 2.75) is 32.3 Å². The van der Waals surface area contributed by atoms with Gasteiger partial charge in [0, 0.05) is 26.7 Å². The molecule has 1 aliphatic rings. The van der Waals surface area contributed by atoms with E-state index in [1.54, 1.807) is 4.90 Å². The summed E-state index contributed by atoms with van der Waals surface area (Å²) in [7, 11) is 1.45. The number of nitrogens with one attached hydrogen (secondary N) is 1. The number of urea groups is 1. The molecular weight excluding hydrogens is 236 g/mol. The molecule has 0 aromatic rings. The van der Waals surface area contributed by atoms with Gasteiger partial charge in [0.15, 0.2) is 0 Å². The highest BCUT2D eigenvalue weighted by Crippen LogP contribution is 2.15. The second-order valence-corrected chi connectivity index (χ2v) is 4.84. The number of likely N-dealkylation sites (tertiary alicyclic amines) is 1. The number of carboxylic acid groups (broad SMARTS) is 1. The molecule has 104 valence electrons. The fraction of sp³-hybridized carbons (Fsp3) is 0.833. The quantitative estimate of drug-likeness (QED) is 0.768. The average molecular weight is 258 g/mol. The van der Waals surface area contributed by atoms with Crippen LogP contribution in [-0.2, 0) is 9.53 Å². The van der Waals surface area contributed by atoms with Crippen molar-refractivity contribution in [3.8, 4) is 0 Å². The fourth-order valence-corrected chi connectivity index (χ4v) is 2.12. The molecule has 1 heterocycles. The van der Waals surface area contributed by atoms with Crippen molar-refractivity contribution >= 4 is 12.0 Å². The van der Waals surface area contributed by atoms with Crippen molar-refractivity contribution in [2.24, 2.45) is 5.92 Å². The molecule has 18 heavy (non-hydrogen) atoms. The summed E-state index contributed by atoms with van der Waals surface area (Å²) in [6, 6.07) is -0.131. The molecule has 2 unspecified atom stereocenters. The minimum atomic E-state index is -0.928. The maximum atomic E-state index is 11.9. The Kier molecular flexibility index (Phi) is 5.91. The van der Waals surface area contributed by atoms with E-state index in [1.165, 1.54) is 7.11 Å². The second-order valence-electron chi connectivity index (χ2n) is 4.84. The van der Waals surface area contributed by atoms with Crippen molar-refractivity contribution < 1.29 is 19.4 Å². The van der Waals surface area contributed by atoms with E-state index in [1.807, 2.05) is 0 Å². The first-order valence-corrected chi connectivity index (χ1v) is 6.30. The van der Waals surface area contributed by atoms with Gasteiger partial charge in [-0.15, -0.1) is 0 Å².